The summed E-state index contributed by atoms with van der Waals surface area (Å²) in [4.78, 5) is 21.9. The number of hydrogen-bond donors (Lipinski definition) is 1. The summed E-state index contributed by atoms with van der Waals surface area (Å²) in [6.07, 6.45) is 0.0417. The zero-order valence-electron chi connectivity index (χ0n) is 12.1. The highest BCUT2D eigenvalue weighted by molar-refractivity contribution is 5.76. The summed E-state index contributed by atoms with van der Waals surface area (Å²) < 4.78 is 15.1. The quantitative estimate of drug-likeness (QED) is 0.454. The fraction of sp³-hybridized carbons (Fsp3) is 0.462. The zero-order chi connectivity index (χ0) is 16.0. The number of hydrogen-bond acceptors (Lipinski definition) is 7. The molecule has 1 aromatic carbocycles. The number of rotatable bonds is 7. The summed E-state index contributed by atoms with van der Waals surface area (Å²) in [6.45, 7) is 1.88. The van der Waals surface area contributed by atoms with Crippen LogP contribution in [0.1, 0.15) is 12.5 Å². The highest BCUT2D eigenvalue weighted by atomic mass is 16.6. The lowest BCUT2D eigenvalue weighted by Gasteiger charge is -2.15. The molecule has 0 aliphatic rings. The molecule has 1 atom stereocenters. The van der Waals surface area contributed by atoms with Crippen LogP contribution in [0.3, 0.4) is 0 Å². The summed E-state index contributed by atoms with van der Waals surface area (Å²) in [5.41, 5.74) is 5.97. The summed E-state index contributed by atoms with van der Waals surface area (Å²) in [7, 11) is 2.78. The van der Waals surface area contributed by atoms with Gasteiger partial charge in [0.15, 0.2) is 11.5 Å². The molecule has 0 radical (unpaired) electrons. The lowest BCUT2D eigenvalue weighted by molar-refractivity contribution is -0.385. The number of esters is 1. The molecule has 0 amide bonds. The maximum atomic E-state index is 11.6. The molecule has 8 heteroatoms. The van der Waals surface area contributed by atoms with E-state index in [1.54, 1.807) is 6.92 Å². The number of nitro benzene ring substituents is 1. The number of carbonyl (C=O) groups excluding carboxylic acids is 1. The largest absolute Gasteiger partial charge is 0.493 e. The van der Waals surface area contributed by atoms with Crippen LogP contribution in [0, 0.1) is 10.1 Å². The van der Waals surface area contributed by atoms with Gasteiger partial charge < -0.3 is 19.9 Å². The minimum atomic E-state index is -0.939. The van der Waals surface area contributed by atoms with Gasteiger partial charge in [-0.05, 0) is 6.92 Å². The highest BCUT2D eigenvalue weighted by Gasteiger charge is 2.23. The SMILES string of the molecule is CCOC(=O)C(N)Cc1cc([N+](=O)[O-])cc(OC)c1OC. The topological polar surface area (TPSA) is 114 Å². The van der Waals surface area contributed by atoms with E-state index in [0.29, 0.717) is 11.3 Å². The molecular formula is C13H18N2O6. The Morgan fingerprint density at radius 3 is 2.52 bits per heavy atom. The van der Waals surface area contributed by atoms with Gasteiger partial charge in [0, 0.05) is 18.1 Å². The normalized spacial score (nSPS) is 11.6. The maximum Gasteiger partial charge on any atom is 0.323 e. The van der Waals surface area contributed by atoms with E-state index in [1.165, 1.54) is 26.4 Å². The Morgan fingerprint density at radius 2 is 2.05 bits per heavy atom. The Hall–Kier alpha value is -2.35. The molecule has 0 aliphatic heterocycles. The smallest absolute Gasteiger partial charge is 0.323 e. The van der Waals surface area contributed by atoms with Crippen LogP contribution >= 0.6 is 0 Å². The molecule has 0 fully saturated rings. The molecule has 0 saturated heterocycles. The predicted octanol–water partition coefficient (Wildman–Crippen LogP) is 1.04. The van der Waals surface area contributed by atoms with Crippen molar-refractivity contribution in [3.05, 3.63) is 27.8 Å². The van der Waals surface area contributed by atoms with Crippen molar-refractivity contribution in [1.82, 2.24) is 0 Å². The van der Waals surface area contributed by atoms with Gasteiger partial charge in [0.2, 0.25) is 0 Å². The molecule has 0 heterocycles. The van der Waals surface area contributed by atoms with E-state index in [9.17, 15) is 14.9 Å². The van der Waals surface area contributed by atoms with Crippen LogP contribution in [0.25, 0.3) is 0 Å². The second-order valence-corrected chi connectivity index (χ2v) is 4.16. The molecule has 0 spiro atoms. The van der Waals surface area contributed by atoms with Gasteiger partial charge in [0.05, 0.1) is 31.8 Å². The van der Waals surface area contributed by atoms with E-state index in [4.69, 9.17) is 19.9 Å². The van der Waals surface area contributed by atoms with E-state index in [0.717, 1.165) is 0 Å². The first-order chi connectivity index (χ1) is 9.94. The molecule has 21 heavy (non-hydrogen) atoms. The molecule has 8 nitrogen and oxygen atoms in total. The molecule has 2 N–H and O–H groups in total. The molecule has 1 rings (SSSR count). The van der Waals surface area contributed by atoms with Gasteiger partial charge in [0.25, 0.3) is 5.69 Å². The van der Waals surface area contributed by atoms with Crippen molar-refractivity contribution in [2.24, 2.45) is 5.73 Å². The summed E-state index contributed by atoms with van der Waals surface area (Å²) in [5.74, 6) is -0.0642. The summed E-state index contributed by atoms with van der Waals surface area (Å²) in [5, 5.41) is 10.9. The third-order valence-electron chi connectivity index (χ3n) is 2.78. The maximum absolute atomic E-state index is 11.6. The van der Waals surface area contributed by atoms with Crippen molar-refractivity contribution in [3.63, 3.8) is 0 Å². The fourth-order valence-electron chi connectivity index (χ4n) is 1.85. The van der Waals surface area contributed by atoms with Gasteiger partial charge in [0.1, 0.15) is 6.04 Å². The van der Waals surface area contributed by atoms with Gasteiger partial charge in [-0.15, -0.1) is 0 Å². The van der Waals surface area contributed by atoms with Gasteiger partial charge in [-0.25, -0.2) is 0 Å². The van der Waals surface area contributed by atoms with E-state index in [1.807, 2.05) is 0 Å². The molecular weight excluding hydrogens is 280 g/mol. The van der Waals surface area contributed by atoms with Gasteiger partial charge >= 0.3 is 5.97 Å². The molecule has 0 aliphatic carbocycles. The van der Waals surface area contributed by atoms with Crippen molar-refractivity contribution in [2.75, 3.05) is 20.8 Å². The second kappa shape index (κ2) is 7.44. The lowest BCUT2D eigenvalue weighted by Crippen LogP contribution is -2.34. The summed E-state index contributed by atoms with van der Waals surface area (Å²) >= 11 is 0. The van der Waals surface area contributed by atoms with E-state index >= 15 is 0 Å². The number of methoxy groups -OCH3 is 2. The monoisotopic (exact) mass is 298 g/mol. The molecule has 116 valence electrons. The van der Waals surface area contributed by atoms with Crippen LogP contribution in [0.4, 0.5) is 5.69 Å². The van der Waals surface area contributed by atoms with Crippen LogP contribution in [-0.2, 0) is 16.0 Å². The number of nitrogens with zero attached hydrogens (tertiary/aromatic N) is 1. The Labute approximate surface area is 121 Å². The van der Waals surface area contributed by atoms with Crippen molar-refractivity contribution in [2.45, 2.75) is 19.4 Å². The summed E-state index contributed by atoms with van der Waals surface area (Å²) in [6, 6.07) is 1.61. The second-order valence-electron chi connectivity index (χ2n) is 4.16. The van der Waals surface area contributed by atoms with E-state index < -0.39 is 16.9 Å². The standard InChI is InChI=1S/C13H18N2O6/c1-4-21-13(16)10(14)6-8-5-9(15(17)18)7-11(19-2)12(8)20-3/h5,7,10H,4,6,14H2,1-3H3. The minimum absolute atomic E-state index is 0.0417. The first-order valence-corrected chi connectivity index (χ1v) is 6.26. The number of nitro groups is 1. The van der Waals surface area contributed by atoms with Crippen LogP contribution in [-0.4, -0.2) is 37.8 Å². The number of benzene rings is 1. The third kappa shape index (κ3) is 4.06. The van der Waals surface area contributed by atoms with Crippen LogP contribution in [0.5, 0.6) is 11.5 Å². The molecule has 0 bridgehead atoms. The first kappa shape index (κ1) is 16.7. The lowest BCUT2D eigenvalue weighted by atomic mass is 10.0. The molecule has 1 unspecified atom stereocenters. The van der Waals surface area contributed by atoms with E-state index in [-0.39, 0.29) is 24.5 Å². The average Bonchev–Trinajstić information content (AvgIpc) is 2.46. The number of carbonyl (C=O) groups is 1. The molecule has 0 saturated carbocycles. The van der Waals surface area contributed by atoms with Crippen molar-refractivity contribution in [3.8, 4) is 11.5 Å². The van der Waals surface area contributed by atoms with Crippen LogP contribution in [0.2, 0.25) is 0 Å². The Kier molecular flexibility index (Phi) is 5.92. The van der Waals surface area contributed by atoms with Crippen molar-refractivity contribution < 1.29 is 23.9 Å². The number of ether oxygens (including phenoxy) is 3. The predicted molar refractivity (Wildman–Crippen MR) is 74.5 cm³/mol. The Bertz CT molecular complexity index is 532. The zero-order valence-corrected chi connectivity index (χ0v) is 12.1. The van der Waals surface area contributed by atoms with Crippen molar-refractivity contribution in [1.29, 1.82) is 0 Å². The molecule has 1 aromatic rings. The fourth-order valence-corrected chi connectivity index (χ4v) is 1.85. The van der Waals surface area contributed by atoms with E-state index in [2.05, 4.69) is 0 Å². The third-order valence-corrected chi connectivity index (χ3v) is 2.78. The first-order valence-electron chi connectivity index (χ1n) is 6.26. The number of non-ortho nitro benzene ring substituents is 1. The highest BCUT2D eigenvalue weighted by Crippen LogP contribution is 2.36. The van der Waals surface area contributed by atoms with Gasteiger partial charge in [-0.2, -0.15) is 0 Å². The Morgan fingerprint density at radius 1 is 1.38 bits per heavy atom. The van der Waals surface area contributed by atoms with Crippen molar-refractivity contribution >= 4 is 11.7 Å². The van der Waals surface area contributed by atoms with Gasteiger partial charge in [-0.1, -0.05) is 0 Å². The molecule has 0 aromatic heterocycles. The van der Waals surface area contributed by atoms with Gasteiger partial charge in [-0.3, -0.25) is 14.9 Å². The minimum Gasteiger partial charge on any atom is -0.493 e. The Balaban J connectivity index is 3.16. The van der Waals surface area contributed by atoms with Crippen LogP contribution < -0.4 is 15.2 Å². The van der Waals surface area contributed by atoms with Crippen LogP contribution in [0.15, 0.2) is 12.1 Å². The number of nitrogens with two attached hydrogens (primary N) is 1. The average molecular weight is 298 g/mol.